The standard InChI is InChI=1S/C19H14N3.Ir/c1-12-9-14(5-7-20-12)19-17-4-3-15-11-22-13(2)10-18(15)16(17)6-8-21-19;/h3-4,6-11H,1-2H3;/q-1;. The maximum atomic E-state index is 4.57. The van der Waals surface area contributed by atoms with Crippen LogP contribution in [-0.2, 0) is 20.1 Å². The Balaban J connectivity index is 0.00000156. The van der Waals surface area contributed by atoms with Gasteiger partial charge in [-0.3, -0.25) is 9.97 Å². The molecule has 0 aliphatic heterocycles. The van der Waals surface area contributed by atoms with Crippen LogP contribution in [0.5, 0.6) is 0 Å². The van der Waals surface area contributed by atoms with Crippen molar-refractivity contribution in [1.29, 1.82) is 0 Å². The van der Waals surface area contributed by atoms with E-state index in [0.29, 0.717) is 0 Å². The molecule has 0 atom stereocenters. The zero-order chi connectivity index (χ0) is 15.1. The van der Waals surface area contributed by atoms with Crippen LogP contribution in [0, 0.1) is 19.9 Å². The predicted molar refractivity (Wildman–Crippen MR) is 88.6 cm³/mol. The van der Waals surface area contributed by atoms with Gasteiger partial charge in [0.15, 0.2) is 0 Å². The topological polar surface area (TPSA) is 38.7 Å². The van der Waals surface area contributed by atoms with E-state index in [1.54, 1.807) is 6.20 Å². The van der Waals surface area contributed by atoms with Crippen LogP contribution in [-0.4, -0.2) is 15.0 Å². The average Bonchev–Trinajstić information content (AvgIpc) is 2.54. The molecule has 0 fully saturated rings. The minimum atomic E-state index is 0. The van der Waals surface area contributed by atoms with E-state index in [0.717, 1.165) is 33.4 Å². The molecule has 0 aliphatic rings. The van der Waals surface area contributed by atoms with Crippen molar-refractivity contribution < 1.29 is 20.1 Å². The molecule has 3 heterocycles. The molecule has 0 spiro atoms. The first-order valence-corrected chi connectivity index (χ1v) is 7.21. The molecule has 0 saturated heterocycles. The Morgan fingerprint density at radius 1 is 0.826 bits per heavy atom. The van der Waals surface area contributed by atoms with Crippen molar-refractivity contribution in [2.45, 2.75) is 13.8 Å². The quantitative estimate of drug-likeness (QED) is 0.304. The van der Waals surface area contributed by atoms with Crippen LogP contribution < -0.4 is 0 Å². The summed E-state index contributed by atoms with van der Waals surface area (Å²) in [6.45, 7) is 3.99. The van der Waals surface area contributed by atoms with E-state index in [1.807, 2.05) is 32.3 Å². The number of rotatable bonds is 1. The van der Waals surface area contributed by atoms with Crippen molar-refractivity contribution in [2.75, 3.05) is 0 Å². The molecule has 1 radical (unpaired) electrons. The van der Waals surface area contributed by atoms with Crippen LogP contribution in [0.15, 0.2) is 48.9 Å². The average molecular weight is 477 g/mol. The van der Waals surface area contributed by atoms with Gasteiger partial charge in [0.1, 0.15) is 0 Å². The Kier molecular flexibility index (Phi) is 4.20. The number of pyridine rings is 3. The van der Waals surface area contributed by atoms with Gasteiger partial charge in [0.05, 0.1) is 0 Å². The van der Waals surface area contributed by atoms with E-state index < -0.39 is 0 Å². The number of nitrogens with zero attached hydrogens (tertiary/aromatic N) is 3. The largest absolute Gasteiger partial charge is 0.320 e. The Hall–Kier alpha value is -2.16. The summed E-state index contributed by atoms with van der Waals surface area (Å²) in [5.74, 6) is 0. The van der Waals surface area contributed by atoms with Crippen molar-refractivity contribution in [3.8, 4) is 11.3 Å². The van der Waals surface area contributed by atoms with E-state index in [-0.39, 0.29) is 20.1 Å². The Labute approximate surface area is 148 Å². The minimum Gasteiger partial charge on any atom is -0.320 e. The molecule has 0 amide bonds. The monoisotopic (exact) mass is 477 g/mol. The maximum Gasteiger partial charge on any atom is 0.0379 e. The third-order valence-corrected chi connectivity index (χ3v) is 3.88. The summed E-state index contributed by atoms with van der Waals surface area (Å²) in [6, 6.07) is 13.6. The normalized spacial score (nSPS) is 10.7. The van der Waals surface area contributed by atoms with Crippen LogP contribution in [0.4, 0.5) is 0 Å². The molecule has 0 saturated carbocycles. The van der Waals surface area contributed by atoms with Crippen LogP contribution in [0.3, 0.4) is 0 Å². The van der Waals surface area contributed by atoms with Crippen molar-refractivity contribution in [3.05, 3.63) is 66.4 Å². The second kappa shape index (κ2) is 6.15. The molecule has 0 bridgehead atoms. The summed E-state index contributed by atoms with van der Waals surface area (Å²) in [5, 5.41) is 4.67. The second-order valence-electron chi connectivity index (χ2n) is 5.47. The minimum absolute atomic E-state index is 0. The molecule has 0 aliphatic carbocycles. The summed E-state index contributed by atoms with van der Waals surface area (Å²) in [4.78, 5) is 13.2. The number of hydrogen-bond donors (Lipinski definition) is 0. The number of aromatic nitrogens is 3. The zero-order valence-corrected chi connectivity index (χ0v) is 15.2. The van der Waals surface area contributed by atoms with E-state index >= 15 is 0 Å². The number of fused-ring (bicyclic) bond motifs is 3. The smallest absolute Gasteiger partial charge is 0.0379 e. The van der Waals surface area contributed by atoms with Gasteiger partial charge >= 0.3 is 0 Å². The SMILES string of the molecule is Cc1cc(-c2nccc3c2ccc2cnc(C)cc23)[c-]cn1.[Ir]. The molecule has 3 nitrogen and oxygen atoms in total. The van der Waals surface area contributed by atoms with Crippen molar-refractivity contribution in [3.63, 3.8) is 0 Å². The Morgan fingerprint density at radius 2 is 1.65 bits per heavy atom. The van der Waals surface area contributed by atoms with Gasteiger partial charge < -0.3 is 4.98 Å². The van der Waals surface area contributed by atoms with Crippen molar-refractivity contribution in [2.24, 2.45) is 0 Å². The molecular weight excluding hydrogens is 462 g/mol. The molecule has 4 heteroatoms. The fraction of sp³-hybridized carbons (Fsp3) is 0.105. The number of aryl methyl sites for hydroxylation is 2. The molecule has 23 heavy (non-hydrogen) atoms. The summed E-state index contributed by atoms with van der Waals surface area (Å²) >= 11 is 0. The second-order valence-corrected chi connectivity index (χ2v) is 5.47. The zero-order valence-electron chi connectivity index (χ0n) is 12.8. The van der Waals surface area contributed by atoms with E-state index in [1.165, 1.54) is 10.8 Å². The van der Waals surface area contributed by atoms with Gasteiger partial charge in [0.2, 0.25) is 0 Å². The molecule has 3 aromatic heterocycles. The molecule has 1 aromatic carbocycles. The first-order valence-electron chi connectivity index (χ1n) is 7.21. The first kappa shape index (κ1) is 15.7. The third kappa shape index (κ3) is 2.76. The van der Waals surface area contributed by atoms with Crippen LogP contribution >= 0.6 is 0 Å². The fourth-order valence-corrected chi connectivity index (χ4v) is 2.83. The molecular formula is C19H14IrN3-. The van der Waals surface area contributed by atoms with Crippen molar-refractivity contribution in [1.82, 2.24) is 15.0 Å². The summed E-state index contributed by atoms with van der Waals surface area (Å²) in [5.41, 5.74) is 3.90. The molecule has 0 N–H and O–H groups in total. The number of hydrogen-bond acceptors (Lipinski definition) is 3. The van der Waals surface area contributed by atoms with Gasteiger partial charge in [-0.1, -0.05) is 12.1 Å². The van der Waals surface area contributed by atoms with Gasteiger partial charge in [0, 0.05) is 43.6 Å². The molecule has 4 rings (SSSR count). The van der Waals surface area contributed by atoms with Crippen LogP contribution in [0.25, 0.3) is 32.8 Å². The van der Waals surface area contributed by atoms with E-state index in [4.69, 9.17) is 0 Å². The van der Waals surface area contributed by atoms with Gasteiger partial charge in [0.25, 0.3) is 0 Å². The fourth-order valence-electron chi connectivity index (χ4n) is 2.83. The molecule has 4 aromatic rings. The summed E-state index contributed by atoms with van der Waals surface area (Å²) in [6.07, 6.45) is 5.49. The number of benzene rings is 1. The summed E-state index contributed by atoms with van der Waals surface area (Å²) < 4.78 is 0. The maximum absolute atomic E-state index is 4.57. The predicted octanol–water partition coefficient (Wildman–Crippen LogP) is 4.26. The van der Waals surface area contributed by atoms with Crippen molar-refractivity contribution >= 4 is 21.5 Å². The van der Waals surface area contributed by atoms with Gasteiger partial charge in [-0.15, -0.1) is 6.07 Å². The summed E-state index contributed by atoms with van der Waals surface area (Å²) in [7, 11) is 0. The van der Waals surface area contributed by atoms with Gasteiger partial charge in [-0.25, -0.2) is 0 Å². The van der Waals surface area contributed by atoms with E-state index in [2.05, 4.69) is 45.3 Å². The van der Waals surface area contributed by atoms with Gasteiger partial charge in [-0.05, 0) is 59.7 Å². The van der Waals surface area contributed by atoms with Gasteiger partial charge in [-0.2, -0.15) is 11.6 Å². The van der Waals surface area contributed by atoms with Crippen LogP contribution in [0.1, 0.15) is 11.4 Å². The Morgan fingerprint density at radius 3 is 2.48 bits per heavy atom. The molecule has 0 unspecified atom stereocenters. The first-order chi connectivity index (χ1) is 10.7. The van der Waals surface area contributed by atoms with Crippen LogP contribution in [0.2, 0.25) is 0 Å². The Bertz CT molecular complexity index is 1010. The van der Waals surface area contributed by atoms with E-state index in [9.17, 15) is 0 Å². The molecule has 115 valence electrons. The third-order valence-electron chi connectivity index (χ3n) is 3.88.